The SMILES string of the molecule is Cc1cc(-n2cc3c(n2)CC2CCC3N2)cc(C)c1F. The van der Waals surface area contributed by atoms with Gasteiger partial charge in [0.25, 0.3) is 0 Å². The van der Waals surface area contributed by atoms with Gasteiger partial charge in [-0.2, -0.15) is 5.10 Å². The van der Waals surface area contributed by atoms with Crippen molar-refractivity contribution in [2.24, 2.45) is 0 Å². The van der Waals surface area contributed by atoms with Gasteiger partial charge in [0.15, 0.2) is 0 Å². The van der Waals surface area contributed by atoms with Crippen LogP contribution in [0.25, 0.3) is 5.69 Å². The van der Waals surface area contributed by atoms with Gasteiger partial charge >= 0.3 is 0 Å². The summed E-state index contributed by atoms with van der Waals surface area (Å²) in [5.41, 5.74) is 4.82. The van der Waals surface area contributed by atoms with Crippen molar-refractivity contribution in [3.05, 3.63) is 46.5 Å². The first-order valence-electron chi connectivity index (χ1n) is 7.23. The van der Waals surface area contributed by atoms with E-state index in [0.29, 0.717) is 23.2 Å². The summed E-state index contributed by atoms with van der Waals surface area (Å²) in [7, 11) is 0. The first-order valence-corrected chi connectivity index (χ1v) is 7.23. The topological polar surface area (TPSA) is 29.9 Å². The van der Waals surface area contributed by atoms with Crippen LogP contribution in [-0.4, -0.2) is 15.8 Å². The molecule has 1 fully saturated rings. The van der Waals surface area contributed by atoms with Crippen molar-refractivity contribution in [1.82, 2.24) is 15.1 Å². The smallest absolute Gasteiger partial charge is 0.129 e. The molecular weight excluding hydrogens is 253 g/mol. The van der Waals surface area contributed by atoms with Crippen molar-refractivity contribution < 1.29 is 4.39 Å². The second kappa shape index (κ2) is 4.16. The molecule has 3 heterocycles. The maximum Gasteiger partial charge on any atom is 0.129 e. The van der Waals surface area contributed by atoms with E-state index in [0.717, 1.165) is 12.1 Å². The summed E-state index contributed by atoms with van der Waals surface area (Å²) < 4.78 is 15.6. The zero-order chi connectivity index (χ0) is 13.9. The lowest BCUT2D eigenvalue weighted by Crippen LogP contribution is -2.31. The summed E-state index contributed by atoms with van der Waals surface area (Å²) in [4.78, 5) is 0. The predicted octanol–water partition coefficient (Wildman–Crippen LogP) is 2.98. The minimum atomic E-state index is -0.119. The van der Waals surface area contributed by atoms with E-state index in [2.05, 4.69) is 11.5 Å². The molecule has 4 rings (SSSR count). The summed E-state index contributed by atoms with van der Waals surface area (Å²) >= 11 is 0. The lowest BCUT2D eigenvalue weighted by atomic mass is 10.0. The lowest BCUT2D eigenvalue weighted by Gasteiger charge is -2.19. The molecule has 0 radical (unpaired) electrons. The summed E-state index contributed by atoms with van der Waals surface area (Å²) in [5.74, 6) is -0.119. The Balaban J connectivity index is 1.79. The van der Waals surface area contributed by atoms with E-state index in [4.69, 9.17) is 5.10 Å². The van der Waals surface area contributed by atoms with Crippen molar-refractivity contribution >= 4 is 0 Å². The summed E-state index contributed by atoms with van der Waals surface area (Å²) in [5, 5.41) is 8.36. The van der Waals surface area contributed by atoms with Crippen LogP contribution in [0, 0.1) is 19.7 Å². The Kier molecular flexibility index (Phi) is 2.51. The van der Waals surface area contributed by atoms with Crippen LogP contribution in [0.4, 0.5) is 4.39 Å². The van der Waals surface area contributed by atoms with E-state index in [9.17, 15) is 4.39 Å². The third-order valence-electron chi connectivity index (χ3n) is 4.56. The standard InChI is InChI=1S/C16H18FN3/c1-9-5-12(6-10(2)16(9)17)20-8-13-14-4-3-11(18-14)7-15(13)19-20/h5-6,8,11,14,18H,3-4,7H2,1-2H3. The molecule has 0 saturated carbocycles. The van der Waals surface area contributed by atoms with Crippen LogP contribution in [0.2, 0.25) is 0 Å². The highest BCUT2D eigenvalue weighted by Crippen LogP contribution is 2.35. The highest BCUT2D eigenvalue weighted by atomic mass is 19.1. The number of fused-ring (bicyclic) bond motifs is 4. The van der Waals surface area contributed by atoms with Crippen LogP contribution in [0.3, 0.4) is 0 Å². The highest BCUT2D eigenvalue weighted by molar-refractivity contribution is 5.42. The zero-order valence-electron chi connectivity index (χ0n) is 11.8. The molecule has 1 saturated heterocycles. The van der Waals surface area contributed by atoms with E-state index >= 15 is 0 Å². The first-order chi connectivity index (χ1) is 9.61. The fraction of sp³-hybridized carbons (Fsp3) is 0.438. The van der Waals surface area contributed by atoms with E-state index in [-0.39, 0.29) is 5.82 Å². The Morgan fingerprint density at radius 1 is 1.25 bits per heavy atom. The molecule has 4 heteroatoms. The van der Waals surface area contributed by atoms with E-state index in [1.807, 2.05) is 16.8 Å². The molecule has 3 nitrogen and oxygen atoms in total. The van der Waals surface area contributed by atoms with E-state index in [1.165, 1.54) is 24.1 Å². The molecule has 2 bridgehead atoms. The van der Waals surface area contributed by atoms with Crippen molar-refractivity contribution in [1.29, 1.82) is 0 Å². The number of aryl methyl sites for hydroxylation is 2. The molecule has 20 heavy (non-hydrogen) atoms. The van der Waals surface area contributed by atoms with Gasteiger partial charge in [-0.05, 0) is 49.9 Å². The van der Waals surface area contributed by atoms with Gasteiger partial charge in [-0.15, -0.1) is 0 Å². The molecule has 0 spiro atoms. The number of halogens is 1. The van der Waals surface area contributed by atoms with E-state index < -0.39 is 0 Å². The first kappa shape index (κ1) is 12.1. The zero-order valence-corrected chi connectivity index (χ0v) is 11.8. The molecule has 2 unspecified atom stereocenters. The molecule has 104 valence electrons. The van der Waals surface area contributed by atoms with Gasteiger partial charge in [0.1, 0.15) is 5.82 Å². The van der Waals surface area contributed by atoms with Crippen LogP contribution < -0.4 is 5.32 Å². The fourth-order valence-corrected chi connectivity index (χ4v) is 3.52. The average molecular weight is 271 g/mol. The normalized spacial score (nSPS) is 23.9. The maximum atomic E-state index is 13.7. The summed E-state index contributed by atoms with van der Waals surface area (Å²) in [6.07, 6.45) is 5.57. The number of hydrogen-bond acceptors (Lipinski definition) is 2. The minimum Gasteiger partial charge on any atom is -0.307 e. The number of rotatable bonds is 1. The molecule has 2 aromatic rings. The number of nitrogens with one attached hydrogen (secondary N) is 1. The van der Waals surface area contributed by atoms with Gasteiger partial charge in [-0.25, -0.2) is 9.07 Å². The predicted molar refractivity (Wildman–Crippen MR) is 75.6 cm³/mol. The van der Waals surface area contributed by atoms with E-state index in [1.54, 1.807) is 13.8 Å². The van der Waals surface area contributed by atoms with Gasteiger partial charge in [-0.3, -0.25) is 0 Å². The molecule has 2 aliphatic heterocycles. The van der Waals surface area contributed by atoms with Crippen LogP contribution in [0.1, 0.15) is 41.3 Å². The van der Waals surface area contributed by atoms with Gasteiger partial charge in [-0.1, -0.05) is 0 Å². The van der Waals surface area contributed by atoms with Crippen molar-refractivity contribution in [2.45, 2.75) is 45.2 Å². The monoisotopic (exact) mass is 271 g/mol. The molecule has 0 amide bonds. The van der Waals surface area contributed by atoms with Crippen LogP contribution in [0.15, 0.2) is 18.3 Å². The van der Waals surface area contributed by atoms with Gasteiger partial charge in [0.05, 0.1) is 11.4 Å². The quantitative estimate of drug-likeness (QED) is 0.864. The Hall–Kier alpha value is -1.68. The van der Waals surface area contributed by atoms with Crippen LogP contribution >= 0.6 is 0 Å². The third-order valence-corrected chi connectivity index (χ3v) is 4.56. The molecule has 1 N–H and O–H groups in total. The van der Waals surface area contributed by atoms with Crippen LogP contribution in [-0.2, 0) is 6.42 Å². The minimum absolute atomic E-state index is 0.119. The van der Waals surface area contributed by atoms with Crippen molar-refractivity contribution in [3.8, 4) is 5.69 Å². The molecule has 2 aliphatic rings. The highest BCUT2D eigenvalue weighted by Gasteiger charge is 2.34. The Morgan fingerprint density at radius 2 is 2.00 bits per heavy atom. The molecule has 1 aromatic carbocycles. The number of benzene rings is 1. The third kappa shape index (κ3) is 1.71. The van der Waals surface area contributed by atoms with Crippen molar-refractivity contribution in [3.63, 3.8) is 0 Å². The van der Waals surface area contributed by atoms with Gasteiger partial charge in [0.2, 0.25) is 0 Å². The molecule has 0 aliphatic carbocycles. The summed E-state index contributed by atoms with van der Waals surface area (Å²) in [6, 6.07) is 4.78. The second-order valence-electron chi connectivity index (χ2n) is 6.07. The number of aromatic nitrogens is 2. The Morgan fingerprint density at radius 3 is 2.75 bits per heavy atom. The Bertz CT molecular complexity index is 666. The van der Waals surface area contributed by atoms with Gasteiger partial charge in [0, 0.05) is 30.3 Å². The largest absolute Gasteiger partial charge is 0.307 e. The lowest BCUT2D eigenvalue weighted by molar-refractivity contribution is 0.510. The second-order valence-corrected chi connectivity index (χ2v) is 6.07. The number of hydrogen-bond donors (Lipinski definition) is 1. The fourth-order valence-electron chi connectivity index (χ4n) is 3.52. The summed E-state index contributed by atoms with van der Waals surface area (Å²) in [6.45, 7) is 3.61. The average Bonchev–Trinajstić information content (AvgIpc) is 3.01. The van der Waals surface area contributed by atoms with Crippen molar-refractivity contribution in [2.75, 3.05) is 0 Å². The van der Waals surface area contributed by atoms with Crippen LogP contribution in [0.5, 0.6) is 0 Å². The molecule has 2 atom stereocenters. The molecular formula is C16H18FN3. The van der Waals surface area contributed by atoms with Gasteiger partial charge < -0.3 is 5.32 Å². The number of nitrogens with zero attached hydrogens (tertiary/aromatic N) is 2. The Labute approximate surface area is 117 Å². The molecule has 1 aromatic heterocycles. The maximum absolute atomic E-state index is 13.7.